The maximum atomic E-state index is 12.1. The van der Waals surface area contributed by atoms with Crippen LogP contribution >= 0.6 is 0 Å². The number of carbonyl (C=O) groups excluding carboxylic acids is 2. The zero-order valence-corrected chi connectivity index (χ0v) is 12.0. The third-order valence-corrected chi connectivity index (χ3v) is 3.88. The van der Waals surface area contributed by atoms with Crippen LogP contribution in [0.5, 0.6) is 0 Å². The molecule has 2 fully saturated rings. The second-order valence-corrected chi connectivity index (χ2v) is 5.78. The summed E-state index contributed by atoms with van der Waals surface area (Å²) in [5.41, 5.74) is 0. The highest BCUT2D eigenvalue weighted by molar-refractivity contribution is 5.85. The van der Waals surface area contributed by atoms with Crippen molar-refractivity contribution in [2.24, 2.45) is 0 Å². The second kappa shape index (κ2) is 7.04. The van der Waals surface area contributed by atoms with Crippen LogP contribution in [0.3, 0.4) is 0 Å². The predicted octanol–water partition coefficient (Wildman–Crippen LogP) is -0.337. The molecule has 0 aromatic carbocycles. The highest BCUT2D eigenvalue weighted by Gasteiger charge is 2.33. The largest absolute Gasteiger partial charge is 0.381 e. The van der Waals surface area contributed by atoms with Crippen molar-refractivity contribution >= 4 is 11.8 Å². The lowest BCUT2D eigenvalue weighted by Gasteiger charge is -2.24. The Labute approximate surface area is 119 Å². The fourth-order valence-electron chi connectivity index (χ4n) is 2.51. The Kier molecular flexibility index (Phi) is 5.37. The van der Waals surface area contributed by atoms with E-state index in [9.17, 15) is 14.7 Å². The molecule has 0 bridgehead atoms. The van der Waals surface area contributed by atoms with Gasteiger partial charge in [0, 0.05) is 6.04 Å². The molecule has 1 aliphatic carbocycles. The van der Waals surface area contributed by atoms with E-state index in [0.717, 1.165) is 38.6 Å². The predicted molar refractivity (Wildman–Crippen MR) is 75.0 cm³/mol. The minimum atomic E-state index is -1.17. The van der Waals surface area contributed by atoms with E-state index in [-0.39, 0.29) is 23.9 Å². The molecule has 1 aliphatic heterocycles. The fraction of sp³-hybridized carbons (Fsp3) is 0.857. The summed E-state index contributed by atoms with van der Waals surface area (Å²) in [4.78, 5) is 24.0. The average Bonchev–Trinajstić information content (AvgIpc) is 3.07. The molecule has 0 radical (unpaired) electrons. The first-order chi connectivity index (χ1) is 9.61. The lowest BCUT2D eigenvalue weighted by atomic mass is 10.0. The summed E-state index contributed by atoms with van der Waals surface area (Å²) < 4.78 is 0. The third-order valence-electron chi connectivity index (χ3n) is 3.88. The van der Waals surface area contributed by atoms with Gasteiger partial charge in [-0.3, -0.25) is 9.59 Å². The molecule has 1 heterocycles. The number of hydrogen-bond donors (Lipinski definition) is 4. The van der Waals surface area contributed by atoms with Crippen LogP contribution in [0.2, 0.25) is 0 Å². The van der Waals surface area contributed by atoms with Gasteiger partial charge in [-0.2, -0.15) is 0 Å². The summed E-state index contributed by atoms with van der Waals surface area (Å²) in [6, 6.07) is -0.478. The van der Waals surface area contributed by atoms with Crippen LogP contribution in [0.25, 0.3) is 0 Å². The maximum absolute atomic E-state index is 12.1. The van der Waals surface area contributed by atoms with Gasteiger partial charge in [0.2, 0.25) is 5.91 Å². The monoisotopic (exact) mass is 283 g/mol. The zero-order valence-electron chi connectivity index (χ0n) is 12.0. The van der Waals surface area contributed by atoms with E-state index in [1.54, 1.807) is 0 Å². The molecule has 6 heteroatoms. The van der Waals surface area contributed by atoms with Crippen LogP contribution in [-0.2, 0) is 9.59 Å². The molecular formula is C14H25N3O3. The van der Waals surface area contributed by atoms with Gasteiger partial charge in [0.15, 0.2) is 6.10 Å². The van der Waals surface area contributed by atoms with Crippen LogP contribution in [0.1, 0.15) is 45.4 Å². The van der Waals surface area contributed by atoms with Crippen molar-refractivity contribution in [1.29, 1.82) is 0 Å². The summed E-state index contributed by atoms with van der Waals surface area (Å²) in [5.74, 6) is -0.482. The Bertz CT molecular complexity index is 352. The molecule has 0 spiro atoms. The molecule has 3 unspecified atom stereocenters. The standard InChI is InChI=1S/C14H25N3O3/c1-2-4-10(12(18)14(20)16-9-6-7-9)17-13(19)11-5-3-8-15-11/h9-12,15,18H,2-8H2,1H3,(H,16,20)(H,17,19). The lowest BCUT2D eigenvalue weighted by molar-refractivity contribution is -0.132. The van der Waals surface area contributed by atoms with Crippen LogP contribution in [0.4, 0.5) is 0 Å². The van der Waals surface area contributed by atoms with Gasteiger partial charge in [0.05, 0.1) is 12.1 Å². The Morgan fingerprint density at radius 3 is 2.65 bits per heavy atom. The van der Waals surface area contributed by atoms with E-state index in [4.69, 9.17) is 0 Å². The van der Waals surface area contributed by atoms with E-state index in [1.165, 1.54) is 0 Å². The molecule has 2 rings (SSSR count). The van der Waals surface area contributed by atoms with Crippen molar-refractivity contribution in [1.82, 2.24) is 16.0 Å². The Hall–Kier alpha value is -1.14. The first-order valence-electron chi connectivity index (χ1n) is 7.64. The van der Waals surface area contributed by atoms with E-state index in [1.807, 2.05) is 6.92 Å². The molecule has 6 nitrogen and oxygen atoms in total. The van der Waals surface area contributed by atoms with Gasteiger partial charge in [-0.15, -0.1) is 0 Å². The van der Waals surface area contributed by atoms with Crippen LogP contribution in [-0.4, -0.2) is 47.7 Å². The minimum Gasteiger partial charge on any atom is -0.381 e. The number of nitrogens with one attached hydrogen (secondary N) is 3. The van der Waals surface area contributed by atoms with E-state index < -0.39 is 12.1 Å². The number of aliphatic hydroxyl groups is 1. The zero-order chi connectivity index (χ0) is 14.5. The van der Waals surface area contributed by atoms with E-state index in [2.05, 4.69) is 16.0 Å². The van der Waals surface area contributed by atoms with E-state index >= 15 is 0 Å². The summed E-state index contributed by atoms with van der Waals surface area (Å²) >= 11 is 0. The van der Waals surface area contributed by atoms with Crippen molar-refractivity contribution in [3.63, 3.8) is 0 Å². The minimum absolute atomic E-state index is 0.112. The smallest absolute Gasteiger partial charge is 0.251 e. The van der Waals surface area contributed by atoms with Gasteiger partial charge < -0.3 is 21.1 Å². The van der Waals surface area contributed by atoms with Gasteiger partial charge >= 0.3 is 0 Å². The highest BCUT2D eigenvalue weighted by Crippen LogP contribution is 2.19. The molecule has 4 N–H and O–H groups in total. The molecule has 0 aromatic rings. The highest BCUT2D eigenvalue weighted by atomic mass is 16.3. The number of hydrogen-bond acceptors (Lipinski definition) is 4. The van der Waals surface area contributed by atoms with Crippen molar-refractivity contribution in [3.8, 4) is 0 Å². The molecule has 3 atom stereocenters. The fourth-order valence-corrected chi connectivity index (χ4v) is 2.51. The molecular weight excluding hydrogens is 258 g/mol. The number of rotatable bonds is 7. The van der Waals surface area contributed by atoms with E-state index in [0.29, 0.717) is 6.42 Å². The molecule has 0 aromatic heterocycles. The van der Waals surface area contributed by atoms with Crippen molar-refractivity contribution in [3.05, 3.63) is 0 Å². The van der Waals surface area contributed by atoms with Crippen LogP contribution in [0.15, 0.2) is 0 Å². The van der Waals surface area contributed by atoms with Crippen molar-refractivity contribution in [2.75, 3.05) is 6.54 Å². The summed E-state index contributed by atoms with van der Waals surface area (Å²) in [6.07, 6.45) is 4.00. The first-order valence-corrected chi connectivity index (χ1v) is 7.64. The van der Waals surface area contributed by atoms with Gasteiger partial charge in [-0.25, -0.2) is 0 Å². The summed E-state index contributed by atoms with van der Waals surface area (Å²) in [7, 11) is 0. The van der Waals surface area contributed by atoms with Crippen LogP contribution in [0, 0.1) is 0 Å². The normalized spacial score (nSPS) is 25.0. The van der Waals surface area contributed by atoms with Gasteiger partial charge in [0.1, 0.15) is 0 Å². The quantitative estimate of drug-likeness (QED) is 0.515. The molecule has 1 saturated heterocycles. The summed E-state index contributed by atoms with van der Waals surface area (Å²) in [5, 5.41) is 18.9. The first kappa shape index (κ1) is 15.3. The molecule has 1 saturated carbocycles. The average molecular weight is 283 g/mol. The van der Waals surface area contributed by atoms with Crippen molar-refractivity contribution in [2.45, 2.75) is 69.7 Å². The van der Waals surface area contributed by atoms with Gasteiger partial charge in [-0.05, 0) is 38.6 Å². The van der Waals surface area contributed by atoms with Gasteiger partial charge in [-0.1, -0.05) is 13.3 Å². The Balaban J connectivity index is 1.86. The molecule has 2 aliphatic rings. The third kappa shape index (κ3) is 4.18. The molecule has 114 valence electrons. The van der Waals surface area contributed by atoms with Crippen molar-refractivity contribution < 1.29 is 14.7 Å². The second-order valence-electron chi connectivity index (χ2n) is 5.78. The van der Waals surface area contributed by atoms with Gasteiger partial charge in [0.25, 0.3) is 5.91 Å². The Morgan fingerprint density at radius 1 is 1.35 bits per heavy atom. The number of amides is 2. The maximum Gasteiger partial charge on any atom is 0.251 e. The number of carbonyl (C=O) groups is 2. The SMILES string of the molecule is CCCC(NC(=O)C1CCCN1)C(O)C(=O)NC1CC1. The topological polar surface area (TPSA) is 90.5 Å². The van der Waals surface area contributed by atoms with Crippen LogP contribution < -0.4 is 16.0 Å². The molecule has 2 amide bonds. The number of aliphatic hydroxyl groups excluding tert-OH is 1. The molecule has 20 heavy (non-hydrogen) atoms. The lowest BCUT2D eigenvalue weighted by Crippen LogP contribution is -2.54. The Morgan fingerprint density at radius 2 is 2.10 bits per heavy atom. The summed E-state index contributed by atoms with van der Waals surface area (Å²) in [6.45, 7) is 2.82.